The summed E-state index contributed by atoms with van der Waals surface area (Å²) < 4.78 is 5.38. The Kier molecular flexibility index (Phi) is 4.95. The number of amides is 1. The normalized spacial score (nSPS) is 25.2. The molecule has 104 valence electrons. The molecule has 0 aromatic heterocycles. The second kappa shape index (κ2) is 6.04. The van der Waals surface area contributed by atoms with Gasteiger partial charge in [0.1, 0.15) is 5.54 Å². The molecule has 2 atom stereocenters. The van der Waals surface area contributed by atoms with E-state index in [1.807, 2.05) is 20.8 Å². The van der Waals surface area contributed by atoms with Crippen LogP contribution in [0.5, 0.6) is 0 Å². The largest absolute Gasteiger partial charge is 0.409 e. The van der Waals surface area contributed by atoms with Crippen LogP contribution in [-0.2, 0) is 9.53 Å². The third kappa shape index (κ3) is 2.75. The van der Waals surface area contributed by atoms with Gasteiger partial charge in [0.2, 0.25) is 5.91 Å². The number of rotatable bonds is 5. The summed E-state index contributed by atoms with van der Waals surface area (Å²) in [5.41, 5.74) is 4.94. The van der Waals surface area contributed by atoms with E-state index in [0.29, 0.717) is 25.9 Å². The second-order valence-electron chi connectivity index (χ2n) is 4.73. The smallest absolute Gasteiger partial charge is 0.226 e. The molecule has 0 aromatic rings. The molecule has 1 aliphatic heterocycles. The molecule has 1 amide bonds. The fourth-order valence-electron chi connectivity index (χ4n) is 2.35. The fourth-order valence-corrected chi connectivity index (χ4v) is 2.35. The van der Waals surface area contributed by atoms with Gasteiger partial charge in [0.25, 0.3) is 0 Å². The van der Waals surface area contributed by atoms with Crippen molar-refractivity contribution in [2.24, 2.45) is 16.8 Å². The molecule has 2 unspecified atom stereocenters. The van der Waals surface area contributed by atoms with Crippen molar-refractivity contribution in [2.75, 3.05) is 6.61 Å². The summed E-state index contributed by atoms with van der Waals surface area (Å²) in [5, 5.41) is 14.8. The molecule has 1 heterocycles. The van der Waals surface area contributed by atoms with E-state index in [2.05, 4.69) is 10.5 Å². The highest BCUT2D eigenvalue weighted by Crippen LogP contribution is 2.23. The van der Waals surface area contributed by atoms with Gasteiger partial charge in [-0.15, -0.1) is 0 Å². The van der Waals surface area contributed by atoms with Gasteiger partial charge in [-0.05, 0) is 26.2 Å². The number of nitrogens with two attached hydrogens (primary N) is 1. The molecule has 0 bridgehead atoms. The summed E-state index contributed by atoms with van der Waals surface area (Å²) in [7, 11) is 0. The molecular formula is C12H23N3O3. The Labute approximate surface area is 108 Å². The third-order valence-electron chi connectivity index (χ3n) is 3.88. The molecule has 0 radical (unpaired) electrons. The van der Waals surface area contributed by atoms with Crippen LogP contribution in [0.25, 0.3) is 0 Å². The quantitative estimate of drug-likeness (QED) is 0.294. The van der Waals surface area contributed by atoms with Crippen molar-refractivity contribution >= 4 is 11.7 Å². The Bertz CT molecular complexity index is 327. The van der Waals surface area contributed by atoms with Crippen LogP contribution in [0.3, 0.4) is 0 Å². The highest BCUT2D eigenvalue weighted by molar-refractivity contribution is 5.94. The van der Waals surface area contributed by atoms with Crippen LogP contribution < -0.4 is 11.1 Å². The Morgan fingerprint density at radius 3 is 2.56 bits per heavy atom. The van der Waals surface area contributed by atoms with Crippen molar-refractivity contribution in [1.29, 1.82) is 0 Å². The monoisotopic (exact) mass is 257 g/mol. The third-order valence-corrected chi connectivity index (χ3v) is 3.88. The number of carbonyl (C=O) groups is 1. The van der Waals surface area contributed by atoms with Crippen molar-refractivity contribution < 1.29 is 14.7 Å². The van der Waals surface area contributed by atoms with Crippen LogP contribution in [0, 0.1) is 5.92 Å². The molecule has 1 fully saturated rings. The van der Waals surface area contributed by atoms with E-state index in [9.17, 15) is 4.79 Å². The van der Waals surface area contributed by atoms with Crippen LogP contribution in [0.4, 0.5) is 0 Å². The molecule has 0 aliphatic carbocycles. The number of ether oxygens (including phenoxy) is 1. The minimum atomic E-state index is -0.770. The molecule has 18 heavy (non-hydrogen) atoms. The van der Waals surface area contributed by atoms with Gasteiger partial charge in [-0.1, -0.05) is 19.0 Å². The van der Waals surface area contributed by atoms with Gasteiger partial charge >= 0.3 is 0 Å². The first-order valence-corrected chi connectivity index (χ1v) is 6.42. The Morgan fingerprint density at radius 2 is 2.17 bits per heavy atom. The molecule has 0 aromatic carbocycles. The summed E-state index contributed by atoms with van der Waals surface area (Å²) in [4.78, 5) is 12.2. The van der Waals surface area contributed by atoms with Gasteiger partial charge < -0.3 is 21.0 Å². The van der Waals surface area contributed by atoms with Crippen molar-refractivity contribution in [2.45, 2.75) is 51.7 Å². The number of hydrogen-bond acceptors (Lipinski definition) is 4. The molecule has 6 nitrogen and oxygen atoms in total. The summed E-state index contributed by atoms with van der Waals surface area (Å²) >= 11 is 0. The number of nitrogens with zero attached hydrogens (tertiary/aromatic N) is 1. The molecule has 0 spiro atoms. The van der Waals surface area contributed by atoms with Gasteiger partial charge in [-0.25, -0.2) is 0 Å². The van der Waals surface area contributed by atoms with E-state index < -0.39 is 5.54 Å². The Morgan fingerprint density at radius 1 is 1.56 bits per heavy atom. The SMILES string of the molecule is CCC(CC)(NC(=O)C1CCOC1C)C(N)=NO. The minimum absolute atomic E-state index is 0.0485. The maximum Gasteiger partial charge on any atom is 0.226 e. The molecule has 1 saturated heterocycles. The summed E-state index contributed by atoms with van der Waals surface area (Å²) in [6.45, 7) is 6.29. The predicted molar refractivity (Wildman–Crippen MR) is 68.4 cm³/mol. The summed E-state index contributed by atoms with van der Waals surface area (Å²) in [6, 6.07) is 0. The zero-order valence-corrected chi connectivity index (χ0v) is 11.3. The molecule has 6 heteroatoms. The van der Waals surface area contributed by atoms with Crippen LogP contribution in [0.1, 0.15) is 40.0 Å². The second-order valence-corrected chi connectivity index (χ2v) is 4.73. The average Bonchev–Trinajstić information content (AvgIpc) is 2.81. The van der Waals surface area contributed by atoms with Gasteiger partial charge in [0.15, 0.2) is 5.84 Å². The molecule has 0 saturated carbocycles. The first kappa shape index (κ1) is 14.8. The molecule has 1 rings (SSSR count). The van der Waals surface area contributed by atoms with Crippen LogP contribution in [0.15, 0.2) is 5.16 Å². The van der Waals surface area contributed by atoms with E-state index in [1.54, 1.807) is 0 Å². The van der Waals surface area contributed by atoms with Crippen molar-refractivity contribution in [3.63, 3.8) is 0 Å². The molecule has 4 N–H and O–H groups in total. The first-order valence-electron chi connectivity index (χ1n) is 6.42. The Hall–Kier alpha value is -1.30. The minimum Gasteiger partial charge on any atom is -0.409 e. The summed E-state index contributed by atoms with van der Waals surface area (Å²) in [5.74, 6) is -0.198. The average molecular weight is 257 g/mol. The topological polar surface area (TPSA) is 96.9 Å². The summed E-state index contributed by atoms with van der Waals surface area (Å²) in [6.07, 6.45) is 1.79. The van der Waals surface area contributed by atoms with Gasteiger partial charge in [0.05, 0.1) is 12.0 Å². The van der Waals surface area contributed by atoms with Crippen LogP contribution >= 0.6 is 0 Å². The van der Waals surface area contributed by atoms with E-state index in [1.165, 1.54) is 0 Å². The fraction of sp³-hybridized carbons (Fsp3) is 0.833. The lowest BCUT2D eigenvalue weighted by Gasteiger charge is -2.32. The van der Waals surface area contributed by atoms with Crippen LogP contribution in [-0.4, -0.2) is 35.2 Å². The molecular weight excluding hydrogens is 234 g/mol. The number of nitrogens with one attached hydrogen (secondary N) is 1. The highest BCUT2D eigenvalue weighted by atomic mass is 16.5. The van der Waals surface area contributed by atoms with Gasteiger partial charge in [-0.3, -0.25) is 4.79 Å². The molecule has 1 aliphatic rings. The van der Waals surface area contributed by atoms with E-state index in [-0.39, 0.29) is 23.8 Å². The van der Waals surface area contributed by atoms with Crippen LogP contribution in [0.2, 0.25) is 0 Å². The maximum atomic E-state index is 12.2. The maximum absolute atomic E-state index is 12.2. The zero-order chi connectivity index (χ0) is 13.8. The number of amidine groups is 1. The standard InChI is InChI=1S/C12H23N3O3/c1-4-12(5-2,11(13)15-17)14-10(16)9-6-7-18-8(9)3/h8-9,17H,4-7H2,1-3H3,(H2,13,15)(H,14,16). The van der Waals surface area contributed by atoms with E-state index in [0.717, 1.165) is 0 Å². The number of carbonyl (C=O) groups excluding carboxylic acids is 1. The number of oxime groups is 1. The highest BCUT2D eigenvalue weighted by Gasteiger charge is 2.38. The lowest BCUT2D eigenvalue weighted by Crippen LogP contribution is -2.58. The van der Waals surface area contributed by atoms with Crippen molar-refractivity contribution in [3.8, 4) is 0 Å². The van der Waals surface area contributed by atoms with Gasteiger partial charge in [0, 0.05) is 6.61 Å². The van der Waals surface area contributed by atoms with Crippen molar-refractivity contribution in [3.05, 3.63) is 0 Å². The lowest BCUT2D eigenvalue weighted by atomic mass is 9.89. The Balaban J connectivity index is 2.81. The van der Waals surface area contributed by atoms with Crippen molar-refractivity contribution in [1.82, 2.24) is 5.32 Å². The van der Waals surface area contributed by atoms with E-state index >= 15 is 0 Å². The van der Waals surface area contributed by atoms with Gasteiger partial charge in [-0.2, -0.15) is 0 Å². The first-order chi connectivity index (χ1) is 8.50. The van der Waals surface area contributed by atoms with E-state index in [4.69, 9.17) is 15.7 Å². The number of hydrogen-bond donors (Lipinski definition) is 3. The lowest BCUT2D eigenvalue weighted by molar-refractivity contribution is -0.127. The zero-order valence-electron chi connectivity index (χ0n) is 11.3. The predicted octanol–water partition coefficient (Wildman–Crippen LogP) is 0.833.